The summed E-state index contributed by atoms with van der Waals surface area (Å²) in [7, 11) is 0. The van der Waals surface area contributed by atoms with E-state index in [1.54, 1.807) is 18.4 Å². The van der Waals surface area contributed by atoms with E-state index in [2.05, 4.69) is 10.3 Å². The second-order valence-electron chi connectivity index (χ2n) is 5.90. The molecule has 28 heavy (non-hydrogen) atoms. The number of hydrogen-bond donors (Lipinski definition) is 1. The first-order chi connectivity index (χ1) is 13.2. The predicted octanol–water partition coefficient (Wildman–Crippen LogP) is 4.62. The number of alkyl halides is 3. The van der Waals surface area contributed by atoms with E-state index < -0.39 is 22.9 Å². The number of benzene rings is 1. The number of aromatic nitrogens is 2. The number of thiophene rings is 1. The quantitative estimate of drug-likeness (QED) is 0.477. The van der Waals surface area contributed by atoms with Gasteiger partial charge in [0, 0.05) is 12.2 Å². The molecule has 0 spiro atoms. The first-order valence-electron chi connectivity index (χ1n) is 8.33. The number of halogens is 3. The van der Waals surface area contributed by atoms with Crippen LogP contribution >= 0.6 is 23.1 Å². The summed E-state index contributed by atoms with van der Waals surface area (Å²) in [5.41, 5.74) is -0.0920. The highest BCUT2D eigenvalue weighted by molar-refractivity contribution is 8.00. The molecule has 10 heteroatoms. The standard InChI is InChI=1S/C18H16F3N3O2S2/c1-3-24-16(26)14-13(8-9-27-14)23-17(24)28-10(2)15(25)22-12-6-4-11(5-7-12)18(19,20)21/h4-10H,3H2,1-2H3,(H,22,25). The molecule has 0 aliphatic heterocycles. The Bertz CT molecular complexity index is 1060. The van der Waals surface area contributed by atoms with Crippen molar-refractivity contribution < 1.29 is 18.0 Å². The summed E-state index contributed by atoms with van der Waals surface area (Å²) in [4.78, 5) is 29.4. The van der Waals surface area contributed by atoms with E-state index in [4.69, 9.17) is 0 Å². The normalized spacial score (nSPS) is 12.9. The van der Waals surface area contributed by atoms with Crippen LogP contribution in [-0.4, -0.2) is 20.7 Å². The number of thioether (sulfide) groups is 1. The van der Waals surface area contributed by atoms with Gasteiger partial charge in [0.1, 0.15) is 4.70 Å². The molecule has 0 bridgehead atoms. The van der Waals surface area contributed by atoms with Crippen LogP contribution in [0.25, 0.3) is 10.2 Å². The molecular formula is C18H16F3N3O2S2. The fourth-order valence-electron chi connectivity index (χ4n) is 2.49. The Hall–Kier alpha value is -2.33. The first-order valence-corrected chi connectivity index (χ1v) is 10.1. The summed E-state index contributed by atoms with van der Waals surface area (Å²) in [5.74, 6) is -0.396. The van der Waals surface area contributed by atoms with Gasteiger partial charge in [0.05, 0.1) is 16.3 Å². The van der Waals surface area contributed by atoms with E-state index in [0.29, 0.717) is 21.9 Å². The molecule has 1 atom stereocenters. The summed E-state index contributed by atoms with van der Waals surface area (Å²) in [6, 6.07) is 5.98. The Morgan fingerprint density at radius 2 is 1.96 bits per heavy atom. The average molecular weight is 427 g/mol. The Kier molecular flexibility index (Phi) is 5.80. The smallest absolute Gasteiger partial charge is 0.325 e. The highest BCUT2D eigenvalue weighted by Gasteiger charge is 2.30. The van der Waals surface area contributed by atoms with Gasteiger partial charge >= 0.3 is 6.18 Å². The van der Waals surface area contributed by atoms with Crippen LogP contribution in [0.15, 0.2) is 45.7 Å². The van der Waals surface area contributed by atoms with Gasteiger partial charge in [-0.05, 0) is 49.6 Å². The van der Waals surface area contributed by atoms with E-state index >= 15 is 0 Å². The van der Waals surface area contributed by atoms with Gasteiger partial charge in [-0.2, -0.15) is 13.2 Å². The Labute approximate surface area is 166 Å². The molecule has 148 valence electrons. The second kappa shape index (κ2) is 7.96. The van der Waals surface area contributed by atoms with Crippen LogP contribution < -0.4 is 10.9 Å². The Morgan fingerprint density at radius 1 is 1.29 bits per heavy atom. The van der Waals surface area contributed by atoms with E-state index in [1.807, 2.05) is 6.92 Å². The lowest BCUT2D eigenvalue weighted by atomic mass is 10.2. The molecule has 3 aromatic rings. The predicted molar refractivity (Wildman–Crippen MR) is 105 cm³/mol. The molecule has 1 aromatic carbocycles. The number of carbonyl (C=O) groups excluding carboxylic acids is 1. The van der Waals surface area contributed by atoms with Crippen LogP contribution in [0.1, 0.15) is 19.4 Å². The van der Waals surface area contributed by atoms with Crippen molar-refractivity contribution in [2.75, 3.05) is 5.32 Å². The van der Waals surface area contributed by atoms with Gasteiger partial charge in [-0.25, -0.2) is 4.98 Å². The molecule has 5 nitrogen and oxygen atoms in total. The molecule has 0 aliphatic rings. The van der Waals surface area contributed by atoms with E-state index in [0.717, 1.165) is 23.9 Å². The number of nitrogens with one attached hydrogen (secondary N) is 1. The number of carbonyl (C=O) groups is 1. The van der Waals surface area contributed by atoms with Crippen molar-refractivity contribution in [3.8, 4) is 0 Å². The minimum Gasteiger partial charge on any atom is -0.325 e. The van der Waals surface area contributed by atoms with Gasteiger partial charge in [-0.3, -0.25) is 14.2 Å². The molecule has 3 rings (SSSR count). The summed E-state index contributed by atoms with van der Waals surface area (Å²) in [5, 5.41) is 4.19. The molecule has 2 aromatic heterocycles. The third kappa shape index (κ3) is 4.22. The van der Waals surface area contributed by atoms with E-state index in [9.17, 15) is 22.8 Å². The number of rotatable bonds is 5. The Morgan fingerprint density at radius 3 is 2.57 bits per heavy atom. The van der Waals surface area contributed by atoms with Crippen LogP contribution in [0.5, 0.6) is 0 Å². The number of nitrogens with zero attached hydrogens (tertiary/aromatic N) is 2. The van der Waals surface area contributed by atoms with Gasteiger partial charge in [-0.15, -0.1) is 11.3 Å². The van der Waals surface area contributed by atoms with E-state index in [1.165, 1.54) is 28.0 Å². The second-order valence-corrected chi connectivity index (χ2v) is 8.13. The number of amides is 1. The highest BCUT2D eigenvalue weighted by atomic mass is 32.2. The first kappa shape index (κ1) is 20.4. The molecule has 0 saturated heterocycles. The van der Waals surface area contributed by atoms with Crippen molar-refractivity contribution in [3.63, 3.8) is 0 Å². The Balaban J connectivity index is 1.76. The van der Waals surface area contributed by atoms with Crippen LogP contribution in [0.3, 0.4) is 0 Å². The van der Waals surface area contributed by atoms with Crippen LogP contribution in [0, 0.1) is 0 Å². The lowest BCUT2D eigenvalue weighted by molar-refractivity contribution is -0.137. The summed E-state index contributed by atoms with van der Waals surface area (Å²) in [6.07, 6.45) is -4.43. The molecule has 2 heterocycles. The zero-order valence-corrected chi connectivity index (χ0v) is 16.5. The van der Waals surface area contributed by atoms with Gasteiger partial charge in [-0.1, -0.05) is 11.8 Å². The maximum atomic E-state index is 12.6. The summed E-state index contributed by atoms with van der Waals surface area (Å²) < 4.78 is 39.9. The molecule has 0 radical (unpaired) electrons. The number of fused-ring (bicyclic) bond motifs is 1. The molecule has 1 amide bonds. The van der Waals surface area contributed by atoms with Crippen LogP contribution in [0.4, 0.5) is 18.9 Å². The van der Waals surface area contributed by atoms with Gasteiger partial charge < -0.3 is 5.32 Å². The van der Waals surface area contributed by atoms with E-state index in [-0.39, 0.29) is 11.2 Å². The maximum absolute atomic E-state index is 12.6. The van der Waals surface area contributed by atoms with Crippen molar-refractivity contribution in [2.45, 2.75) is 37.0 Å². The average Bonchev–Trinajstić information content (AvgIpc) is 3.10. The molecule has 1 N–H and O–H groups in total. The highest BCUT2D eigenvalue weighted by Crippen LogP contribution is 2.30. The number of anilines is 1. The topological polar surface area (TPSA) is 64.0 Å². The van der Waals surface area contributed by atoms with Crippen molar-refractivity contribution in [2.24, 2.45) is 0 Å². The molecule has 0 fully saturated rings. The van der Waals surface area contributed by atoms with Crippen molar-refractivity contribution >= 4 is 44.9 Å². The molecule has 0 saturated carbocycles. The monoisotopic (exact) mass is 427 g/mol. The molecule has 1 unspecified atom stereocenters. The third-order valence-corrected chi connectivity index (χ3v) is 5.96. The maximum Gasteiger partial charge on any atom is 0.416 e. The van der Waals surface area contributed by atoms with Gasteiger partial charge in [0.2, 0.25) is 5.91 Å². The van der Waals surface area contributed by atoms with Crippen molar-refractivity contribution in [1.82, 2.24) is 9.55 Å². The molecular weight excluding hydrogens is 411 g/mol. The minimum absolute atomic E-state index is 0.152. The van der Waals surface area contributed by atoms with Gasteiger partial charge in [0.15, 0.2) is 5.16 Å². The lowest BCUT2D eigenvalue weighted by Crippen LogP contribution is -2.26. The summed E-state index contributed by atoms with van der Waals surface area (Å²) >= 11 is 2.44. The van der Waals surface area contributed by atoms with Crippen LogP contribution in [-0.2, 0) is 17.5 Å². The zero-order chi connectivity index (χ0) is 20.5. The number of hydrogen-bond acceptors (Lipinski definition) is 5. The lowest BCUT2D eigenvalue weighted by Gasteiger charge is -2.15. The minimum atomic E-state index is -4.43. The fraction of sp³-hybridized carbons (Fsp3) is 0.278. The SMILES string of the molecule is CCn1c(SC(C)C(=O)Nc2ccc(C(F)(F)F)cc2)nc2ccsc2c1=O. The zero-order valence-electron chi connectivity index (χ0n) is 14.9. The van der Waals surface area contributed by atoms with Gasteiger partial charge in [0.25, 0.3) is 5.56 Å². The largest absolute Gasteiger partial charge is 0.416 e. The molecule has 0 aliphatic carbocycles. The van der Waals surface area contributed by atoms with Crippen LogP contribution in [0.2, 0.25) is 0 Å². The van der Waals surface area contributed by atoms with Crippen molar-refractivity contribution in [3.05, 3.63) is 51.6 Å². The summed E-state index contributed by atoms with van der Waals surface area (Å²) in [6.45, 7) is 3.88. The van der Waals surface area contributed by atoms with Crippen molar-refractivity contribution in [1.29, 1.82) is 0 Å². The third-order valence-electron chi connectivity index (χ3n) is 3.98. The fourth-order valence-corrected chi connectivity index (χ4v) is 4.24.